The van der Waals surface area contributed by atoms with Gasteiger partial charge in [0.15, 0.2) is 0 Å². The molecule has 0 aromatic carbocycles. The molecule has 0 bridgehead atoms. The molecule has 16 heavy (non-hydrogen) atoms. The van der Waals surface area contributed by atoms with E-state index in [9.17, 15) is 9.90 Å². The third kappa shape index (κ3) is 3.32. The number of carbonyl (C=O) groups is 1. The molecule has 0 saturated carbocycles. The number of thiophene rings is 1. The molecule has 1 N–H and O–H groups in total. The first-order chi connectivity index (χ1) is 7.32. The summed E-state index contributed by atoms with van der Waals surface area (Å²) in [5.41, 5.74) is -1.30. The van der Waals surface area contributed by atoms with E-state index in [1.165, 1.54) is 13.8 Å². The highest BCUT2D eigenvalue weighted by atomic mass is 32.1. The van der Waals surface area contributed by atoms with Gasteiger partial charge < -0.3 is 10.0 Å². The van der Waals surface area contributed by atoms with Crippen molar-refractivity contribution in [2.75, 3.05) is 0 Å². The van der Waals surface area contributed by atoms with Crippen LogP contribution >= 0.6 is 11.3 Å². The molecule has 3 nitrogen and oxygen atoms in total. The van der Waals surface area contributed by atoms with Crippen molar-refractivity contribution < 1.29 is 9.90 Å². The van der Waals surface area contributed by atoms with E-state index < -0.39 is 5.60 Å². The molecular weight excluding hydrogens is 222 g/mol. The van der Waals surface area contributed by atoms with Crippen LogP contribution in [0, 0.1) is 0 Å². The van der Waals surface area contributed by atoms with Crippen LogP contribution in [0.25, 0.3) is 0 Å². The zero-order valence-corrected chi connectivity index (χ0v) is 11.0. The Morgan fingerprint density at radius 2 is 2.19 bits per heavy atom. The fourth-order valence-electron chi connectivity index (χ4n) is 1.41. The fraction of sp³-hybridized carbons (Fsp3) is 0.583. The summed E-state index contributed by atoms with van der Waals surface area (Å²) >= 11 is 1.62. The van der Waals surface area contributed by atoms with Gasteiger partial charge in [-0.3, -0.25) is 4.79 Å². The number of nitrogens with zero attached hydrogens (tertiary/aromatic N) is 1. The largest absolute Gasteiger partial charge is 0.381 e. The Morgan fingerprint density at radius 3 is 2.56 bits per heavy atom. The lowest BCUT2D eigenvalue weighted by Crippen LogP contribution is -2.47. The van der Waals surface area contributed by atoms with Gasteiger partial charge in [0.25, 0.3) is 5.91 Å². The van der Waals surface area contributed by atoms with Gasteiger partial charge in [-0.2, -0.15) is 0 Å². The first kappa shape index (κ1) is 13.2. The highest BCUT2D eigenvalue weighted by Gasteiger charge is 2.30. The monoisotopic (exact) mass is 241 g/mol. The van der Waals surface area contributed by atoms with Gasteiger partial charge in [-0.05, 0) is 39.1 Å². The van der Waals surface area contributed by atoms with Crippen molar-refractivity contribution in [3.05, 3.63) is 22.4 Å². The van der Waals surface area contributed by atoms with Gasteiger partial charge in [-0.1, -0.05) is 6.07 Å². The molecule has 4 heteroatoms. The van der Waals surface area contributed by atoms with E-state index in [1.807, 2.05) is 31.4 Å². The van der Waals surface area contributed by atoms with E-state index in [1.54, 1.807) is 16.2 Å². The number of amides is 1. The first-order valence-electron chi connectivity index (χ1n) is 5.38. The molecule has 0 atom stereocenters. The van der Waals surface area contributed by atoms with Crippen molar-refractivity contribution in [3.8, 4) is 0 Å². The Balaban J connectivity index is 2.80. The van der Waals surface area contributed by atoms with E-state index in [0.717, 1.165) is 4.88 Å². The summed E-state index contributed by atoms with van der Waals surface area (Å²) in [6, 6.07) is 4.05. The third-order valence-electron chi connectivity index (χ3n) is 2.31. The van der Waals surface area contributed by atoms with Crippen LogP contribution in [0.4, 0.5) is 0 Å². The van der Waals surface area contributed by atoms with E-state index in [2.05, 4.69) is 0 Å². The van der Waals surface area contributed by atoms with Crippen LogP contribution < -0.4 is 0 Å². The molecule has 1 rings (SSSR count). The smallest absolute Gasteiger partial charge is 0.254 e. The molecule has 1 heterocycles. The second-order valence-electron chi connectivity index (χ2n) is 4.67. The first-order valence-corrected chi connectivity index (χ1v) is 6.26. The molecule has 0 saturated heterocycles. The SMILES string of the molecule is CC(C)N(Cc1cccs1)C(=O)C(C)(C)O. The molecule has 0 aliphatic carbocycles. The molecule has 1 aromatic rings. The Bertz CT molecular complexity index is 338. The van der Waals surface area contributed by atoms with Gasteiger partial charge >= 0.3 is 0 Å². The summed E-state index contributed by atoms with van der Waals surface area (Å²) in [5, 5.41) is 11.7. The van der Waals surface area contributed by atoms with Crippen LogP contribution in [0.2, 0.25) is 0 Å². The number of rotatable bonds is 4. The summed E-state index contributed by atoms with van der Waals surface area (Å²) in [4.78, 5) is 14.8. The van der Waals surface area contributed by atoms with Gasteiger partial charge in [-0.15, -0.1) is 11.3 Å². The quantitative estimate of drug-likeness (QED) is 0.878. The van der Waals surface area contributed by atoms with Gasteiger partial charge in [0.2, 0.25) is 0 Å². The molecule has 0 fully saturated rings. The number of hydrogen-bond donors (Lipinski definition) is 1. The third-order valence-corrected chi connectivity index (χ3v) is 3.18. The standard InChI is InChI=1S/C12H19NO2S/c1-9(2)13(11(14)12(3,4)15)8-10-6-5-7-16-10/h5-7,9,15H,8H2,1-4H3. The van der Waals surface area contributed by atoms with Crippen molar-refractivity contribution in [1.29, 1.82) is 0 Å². The average Bonchev–Trinajstić information content (AvgIpc) is 2.63. The Hall–Kier alpha value is -0.870. The lowest BCUT2D eigenvalue weighted by atomic mass is 10.1. The summed E-state index contributed by atoms with van der Waals surface area (Å²) in [6.45, 7) is 7.53. The van der Waals surface area contributed by atoms with Crippen LogP contribution in [0.15, 0.2) is 17.5 Å². The molecule has 0 spiro atoms. The van der Waals surface area contributed by atoms with E-state index >= 15 is 0 Å². The van der Waals surface area contributed by atoms with E-state index in [4.69, 9.17) is 0 Å². The second kappa shape index (κ2) is 4.97. The molecule has 0 unspecified atom stereocenters. The van der Waals surface area contributed by atoms with Gasteiger partial charge in [-0.25, -0.2) is 0 Å². The molecule has 1 aromatic heterocycles. The second-order valence-corrected chi connectivity index (χ2v) is 5.70. The highest BCUT2D eigenvalue weighted by molar-refractivity contribution is 7.09. The summed E-state index contributed by atoms with van der Waals surface area (Å²) < 4.78 is 0. The summed E-state index contributed by atoms with van der Waals surface area (Å²) in [6.07, 6.45) is 0. The minimum absolute atomic E-state index is 0.0843. The minimum Gasteiger partial charge on any atom is -0.381 e. The molecule has 90 valence electrons. The van der Waals surface area contributed by atoms with Crippen LogP contribution in [-0.4, -0.2) is 27.6 Å². The van der Waals surface area contributed by atoms with Crippen molar-refractivity contribution >= 4 is 17.2 Å². The average molecular weight is 241 g/mol. The van der Waals surface area contributed by atoms with Gasteiger partial charge in [0.05, 0.1) is 6.54 Å². The van der Waals surface area contributed by atoms with Crippen molar-refractivity contribution in [1.82, 2.24) is 4.90 Å². The molecular formula is C12H19NO2S. The van der Waals surface area contributed by atoms with Crippen molar-refractivity contribution in [2.45, 2.75) is 45.9 Å². The maximum atomic E-state index is 12.0. The lowest BCUT2D eigenvalue weighted by molar-refractivity contribution is -0.150. The Labute approximate surface area is 101 Å². The maximum absolute atomic E-state index is 12.0. The zero-order valence-electron chi connectivity index (χ0n) is 10.2. The Kier molecular flexibility index (Phi) is 4.10. The van der Waals surface area contributed by atoms with Crippen molar-refractivity contribution in [3.63, 3.8) is 0 Å². The molecule has 0 radical (unpaired) electrons. The van der Waals surface area contributed by atoms with Gasteiger partial charge in [0, 0.05) is 10.9 Å². The van der Waals surface area contributed by atoms with Crippen LogP contribution in [0.1, 0.15) is 32.6 Å². The number of aliphatic hydroxyl groups is 1. The zero-order chi connectivity index (χ0) is 12.3. The minimum atomic E-state index is -1.30. The van der Waals surface area contributed by atoms with E-state index in [0.29, 0.717) is 6.54 Å². The normalized spacial score (nSPS) is 11.9. The molecule has 1 amide bonds. The number of hydrogen-bond acceptors (Lipinski definition) is 3. The summed E-state index contributed by atoms with van der Waals surface area (Å²) in [5.74, 6) is -0.226. The van der Waals surface area contributed by atoms with Crippen molar-refractivity contribution in [2.24, 2.45) is 0 Å². The lowest BCUT2D eigenvalue weighted by Gasteiger charge is -2.31. The van der Waals surface area contributed by atoms with Gasteiger partial charge in [0.1, 0.15) is 5.60 Å². The number of carbonyl (C=O) groups excluding carboxylic acids is 1. The molecule has 0 aliphatic rings. The Morgan fingerprint density at radius 1 is 1.56 bits per heavy atom. The van der Waals surface area contributed by atoms with E-state index in [-0.39, 0.29) is 11.9 Å². The van der Waals surface area contributed by atoms with Crippen LogP contribution in [0.3, 0.4) is 0 Å². The predicted octanol–water partition coefficient (Wildman–Crippen LogP) is 2.26. The summed E-state index contributed by atoms with van der Waals surface area (Å²) in [7, 11) is 0. The highest BCUT2D eigenvalue weighted by Crippen LogP contribution is 2.17. The topological polar surface area (TPSA) is 40.5 Å². The van der Waals surface area contributed by atoms with Crippen LogP contribution in [-0.2, 0) is 11.3 Å². The predicted molar refractivity (Wildman–Crippen MR) is 66.3 cm³/mol. The fourth-order valence-corrected chi connectivity index (χ4v) is 2.11. The maximum Gasteiger partial charge on any atom is 0.254 e. The molecule has 0 aliphatic heterocycles. The van der Waals surface area contributed by atoms with Crippen LogP contribution in [0.5, 0.6) is 0 Å².